The Morgan fingerprint density at radius 1 is 1.39 bits per heavy atom. The summed E-state index contributed by atoms with van der Waals surface area (Å²) >= 11 is 0. The Morgan fingerprint density at radius 2 is 2.17 bits per heavy atom. The number of anilines is 1. The van der Waals surface area contributed by atoms with E-state index in [-0.39, 0.29) is 0 Å². The quantitative estimate of drug-likeness (QED) is 0.891. The summed E-state index contributed by atoms with van der Waals surface area (Å²) in [5.74, 6) is 2.91. The molecule has 0 unspecified atom stereocenters. The normalized spacial score (nSPS) is 14.8. The van der Waals surface area contributed by atoms with Gasteiger partial charge in [0.05, 0.1) is 18.0 Å². The molecule has 0 aliphatic heterocycles. The molecule has 0 atom stereocenters. The first-order chi connectivity index (χ1) is 8.63. The average Bonchev–Trinajstić information content (AvgIpc) is 3.10. The maximum atomic E-state index is 5.89. The zero-order valence-electron chi connectivity index (χ0n) is 10.4. The van der Waals surface area contributed by atoms with Crippen LogP contribution in [0.3, 0.4) is 0 Å². The van der Waals surface area contributed by atoms with Gasteiger partial charge in [-0.2, -0.15) is 10.1 Å². The summed E-state index contributed by atoms with van der Waals surface area (Å²) in [7, 11) is 1.84. The molecule has 2 aromatic rings. The fourth-order valence-corrected chi connectivity index (χ4v) is 1.72. The van der Waals surface area contributed by atoms with Crippen LogP contribution in [0, 0.1) is 6.92 Å². The summed E-state index contributed by atoms with van der Waals surface area (Å²) in [6.07, 6.45) is 5.70. The fourth-order valence-electron chi connectivity index (χ4n) is 1.72. The summed E-state index contributed by atoms with van der Waals surface area (Å²) in [5, 5.41) is 4.05. The molecule has 0 amide bonds. The van der Waals surface area contributed by atoms with E-state index >= 15 is 0 Å². The number of ether oxygens (including phenoxy) is 1. The zero-order valence-corrected chi connectivity index (χ0v) is 10.4. The van der Waals surface area contributed by atoms with Gasteiger partial charge in [0.1, 0.15) is 11.6 Å². The molecule has 1 saturated carbocycles. The van der Waals surface area contributed by atoms with E-state index in [9.17, 15) is 0 Å². The minimum absolute atomic E-state index is 0.448. The zero-order chi connectivity index (χ0) is 12.7. The lowest BCUT2D eigenvalue weighted by Gasteiger charge is -2.09. The van der Waals surface area contributed by atoms with Crippen molar-refractivity contribution in [3.05, 3.63) is 23.8 Å². The Bertz CT molecular complexity index is 588. The van der Waals surface area contributed by atoms with Gasteiger partial charge >= 0.3 is 0 Å². The lowest BCUT2D eigenvalue weighted by atomic mass is 10.3. The van der Waals surface area contributed by atoms with Crippen molar-refractivity contribution in [2.24, 2.45) is 7.05 Å². The van der Waals surface area contributed by atoms with Gasteiger partial charge in [0.25, 0.3) is 0 Å². The lowest BCUT2D eigenvalue weighted by molar-refractivity contribution is 0.454. The Hall–Kier alpha value is -2.11. The van der Waals surface area contributed by atoms with Crippen LogP contribution >= 0.6 is 0 Å². The van der Waals surface area contributed by atoms with Crippen molar-refractivity contribution in [3.63, 3.8) is 0 Å². The molecular formula is C12H15N5O. The highest BCUT2D eigenvalue weighted by molar-refractivity contribution is 5.46. The highest BCUT2D eigenvalue weighted by atomic mass is 16.5. The largest absolute Gasteiger partial charge is 0.435 e. The van der Waals surface area contributed by atoms with E-state index in [4.69, 9.17) is 10.5 Å². The summed E-state index contributed by atoms with van der Waals surface area (Å²) in [4.78, 5) is 8.76. The van der Waals surface area contributed by atoms with Gasteiger partial charge in [-0.1, -0.05) is 0 Å². The van der Waals surface area contributed by atoms with Crippen LogP contribution in [0.1, 0.15) is 30.1 Å². The number of nitrogen functional groups attached to an aromatic ring is 1. The number of aromatic nitrogens is 4. The van der Waals surface area contributed by atoms with E-state index in [1.54, 1.807) is 17.1 Å². The van der Waals surface area contributed by atoms with Crippen LogP contribution in [0.4, 0.5) is 5.82 Å². The summed E-state index contributed by atoms with van der Waals surface area (Å²) < 4.78 is 7.39. The number of aryl methyl sites for hydroxylation is 1. The molecule has 2 N–H and O–H groups in total. The van der Waals surface area contributed by atoms with E-state index in [1.807, 2.05) is 14.0 Å². The van der Waals surface area contributed by atoms with Crippen LogP contribution in [0.25, 0.3) is 0 Å². The van der Waals surface area contributed by atoms with E-state index in [1.165, 1.54) is 0 Å². The van der Waals surface area contributed by atoms with Gasteiger partial charge in [-0.3, -0.25) is 4.68 Å². The molecule has 1 aliphatic rings. The maximum Gasteiger partial charge on any atom is 0.227 e. The molecule has 18 heavy (non-hydrogen) atoms. The second kappa shape index (κ2) is 3.97. The van der Waals surface area contributed by atoms with Gasteiger partial charge in [0, 0.05) is 13.0 Å². The minimum Gasteiger partial charge on any atom is -0.435 e. The predicted molar refractivity (Wildman–Crippen MR) is 66.4 cm³/mol. The van der Waals surface area contributed by atoms with Gasteiger partial charge in [-0.15, -0.1) is 0 Å². The second-order valence-corrected chi connectivity index (χ2v) is 4.62. The van der Waals surface area contributed by atoms with Crippen molar-refractivity contribution in [1.82, 2.24) is 19.7 Å². The summed E-state index contributed by atoms with van der Waals surface area (Å²) in [5.41, 5.74) is 6.66. The number of nitrogens with zero attached hydrogens (tertiary/aromatic N) is 4. The standard InChI is InChI=1S/C12H15N5O/c1-7-10(13)15-11(8-3-4-8)16-12(7)18-9-5-14-17(2)6-9/h5-6,8H,3-4H2,1-2H3,(H2,13,15,16). The molecule has 0 bridgehead atoms. The number of hydrogen-bond acceptors (Lipinski definition) is 5. The SMILES string of the molecule is Cc1c(N)nc(C2CC2)nc1Oc1cnn(C)c1. The van der Waals surface area contributed by atoms with Crippen LogP contribution in [0.2, 0.25) is 0 Å². The van der Waals surface area contributed by atoms with Gasteiger partial charge in [0.2, 0.25) is 5.88 Å². The first-order valence-corrected chi connectivity index (χ1v) is 5.94. The molecule has 1 fully saturated rings. The smallest absolute Gasteiger partial charge is 0.227 e. The Labute approximate surface area is 105 Å². The van der Waals surface area contributed by atoms with Crippen molar-refractivity contribution >= 4 is 5.82 Å². The molecule has 0 radical (unpaired) electrons. The highest BCUT2D eigenvalue weighted by Crippen LogP contribution is 2.40. The molecule has 0 aromatic carbocycles. The van der Waals surface area contributed by atoms with Gasteiger partial charge < -0.3 is 10.5 Å². The first kappa shape index (κ1) is 11.0. The van der Waals surface area contributed by atoms with Crippen molar-refractivity contribution < 1.29 is 4.74 Å². The van der Waals surface area contributed by atoms with Crippen LogP contribution in [-0.4, -0.2) is 19.7 Å². The molecule has 0 spiro atoms. The molecule has 2 aromatic heterocycles. The van der Waals surface area contributed by atoms with Crippen LogP contribution in [-0.2, 0) is 7.05 Å². The third kappa shape index (κ3) is 2.01. The monoisotopic (exact) mass is 245 g/mol. The number of nitrogens with two attached hydrogens (primary N) is 1. The molecule has 1 aliphatic carbocycles. The topological polar surface area (TPSA) is 78.8 Å². The Balaban J connectivity index is 1.94. The second-order valence-electron chi connectivity index (χ2n) is 4.62. The predicted octanol–water partition coefficient (Wildman–Crippen LogP) is 1.77. The third-order valence-corrected chi connectivity index (χ3v) is 2.99. The Kier molecular flexibility index (Phi) is 2.43. The molecule has 6 heteroatoms. The van der Waals surface area contributed by atoms with Crippen LogP contribution in [0.15, 0.2) is 12.4 Å². The number of hydrogen-bond donors (Lipinski definition) is 1. The van der Waals surface area contributed by atoms with Crippen LogP contribution in [0.5, 0.6) is 11.6 Å². The fraction of sp³-hybridized carbons (Fsp3) is 0.417. The number of rotatable bonds is 3. The van der Waals surface area contributed by atoms with E-state index < -0.39 is 0 Å². The van der Waals surface area contributed by atoms with Crippen molar-refractivity contribution in [3.8, 4) is 11.6 Å². The molecule has 3 rings (SSSR count). The van der Waals surface area contributed by atoms with Crippen molar-refractivity contribution in [2.45, 2.75) is 25.7 Å². The Morgan fingerprint density at radius 3 is 2.78 bits per heavy atom. The van der Waals surface area contributed by atoms with Crippen molar-refractivity contribution in [2.75, 3.05) is 5.73 Å². The molecule has 0 saturated heterocycles. The van der Waals surface area contributed by atoms with Crippen molar-refractivity contribution in [1.29, 1.82) is 0 Å². The van der Waals surface area contributed by atoms with E-state index in [0.717, 1.165) is 24.2 Å². The van der Waals surface area contributed by atoms with E-state index in [0.29, 0.717) is 23.4 Å². The molecular weight excluding hydrogens is 230 g/mol. The molecule has 6 nitrogen and oxygen atoms in total. The first-order valence-electron chi connectivity index (χ1n) is 5.94. The van der Waals surface area contributed by atoms with Gasteiger partial charge in [-0.25, -0.2) is 4.98 Å². The average molecular weight is 245 g/mol. The maximum absolute atomic E-state index is 5.89. The lowest BCUT2D eigenvalue weighted by Crippen LogP contribution is -2.04. The summed E-state index contributed by atoms with van der Waals surface area (Å²) in [6.45, 7) is 1.86. The third-order valence-electron chi connectivity index (χ3n) is 2.99. The van der Waals surface area contributed by atoms with Gasteiger partial charge in [-0.05, 0) is 19.8 Å². The van der Waals surface area contributed by atoms with Crippen LogP contribution < -0.4 is 10.5 Å². The molecule has 94 valence electrons. The minimum atomic E-state index is 0.448. The summed E-state index contributed by atoms with van der Waals surface area (Å²) in [6, 6.07) is 0. The van der Waals surface area contributed by atoms with E-state index in [2.05, 4.69) is 15.1 Å². The molecule has 2 heterocycles. The highest BCUT2D eigenvalue weighted by Gasteiger charge is 2.28. The van der Waals surface area contributed by atoms with Gasteiger partial charge in [0.15, 0.2) is 5.75 Å².